The predicted octanol–water partition coefficient (Wildman–Crippen LogP) is 2.96. The molecule has 1 fully saturated rings. The highest BCUT2D eigenvalue weighted by atomic mass is 35.5. The Morgan fingerprint density at radius 2 is 1.86 bits per heavy atom. The van der Waals surface area contributed by atoms with Crippen molar-refractivity contribution in [1.29, 1.82) is 0 Å². The van der Waals surface area contributed by atoms with Crippen molar-refractivity contribution in [3.05, 3.63) is 64.9 Å². The van der Waals surface area contributed by atoms with Crippen molar-refractivity contribution in [2.45, 2.75) is 38.0 Å². The molecule has 0 radical (unpaired) electrons. The normalized spacial score (nSPS) is 21.7. The van der Waals surface area contributed by atoms with Gasteiger partial charge in [-0.3, -0.25) is 14.6 Å². The fourth-order valence-electron chi connectivity index (χ4n) is 3.51. The number of rotatable bonds is 6. The van der Waals surface area contributed by atoms with E-state index in [9.17, 15) is 9.59 Å². The van der Waals surface area contributed by atoms with Crippen LogP contribution in [0.4, 0.5) is 0 Å². The summed E-state index contributed by atoms with van der Waals surface area (Å²) >= 11 is 5.89. The van der Waals surface area contributed by atoms with Crippen molar-refractivity contribution in [3.63, 3.8) is 0 Å². The van der Waals surface area contributed by atoms with E-state index in [4.69, 9.17) is 16.3 Å². The molecule has 2 amide bonds. The van der Waals surface area contributed by atoms with Gasteiger partial charge in [0.25, 0.3) is 5.91 Å². The van der Waals surface area contributed by atoms with Gasteiger partial charge >= 0.3 is 0 Å². The summed E-state index contributed by atoms with van der Waals surface area (Å²) in [5, 5.41) is 6.66. The third kappa shape index (κ3) is 5.30. The first-order valence-corrected chi connectivity index (χ1v) is 9.70. The zero-order chi connectivity index (χ0) is 19.9. The third-order valence-electron chi connectivity index (χ3n) is 5.10. The SMILES string of the molecule is CO[C@@H]1CC[C@H](C(=O)NCc2ccc(Cl)cc2)C[C@H]1NC(=O)c1ccncc1. The van der Waals surface area contributed by atoms with Crippen molar-refractivity contribution in [2.24, 2.45) is 5.92 Å². The van der Waals surface area contributed by atoms with E-state index in [1.807, 2.05) is 12.1 Å². The Kier molecular flexibility index (Phi) is 7.01. The maximum absolute atomic E-state index is 12.6. The topological polar surface area (TPSA) is 80.3 Å². The van der Waals surface area contributed by atoms with Crippen LogP contribution in [0.5, 0.6) is 0 Å². The maximum atomic E-state index is 12.6. The lowest BCUT2D eigenvalue weighted by Gasteiger charge is -2.35. The van der Waals surface area contributed by atoms with Crippen LogP contribution in [0.2, 0.25) is 5.02 Å². The molecule has 0 saturated heterocycles. The van der Waals surface area contributed by atoms with E-state index in [2.05, 4.69) is 15.6 Å². The van der Waals surface area contributed by atoms with Gasteiger partial charge in [0.15, 0.2) is 0 Å². The number of nitrogens with zero attached hydrogens (tertiary/aromatic N) is 1. The smallest absolute Gasteiger partial charge is 0.251 e. The van der Waals surface area contributed by atoms with E-state index in [1.54, 1.807) is 43.8 Å². The number of hydrogen-bond acceptors (Lipinski definition) is 4. The summed E-state index contributed by atoms with van der Waals surface area (Å²) in [6.07, 6.45) is 5.05. The minimum Gasteiger partial charge on any atom is -0.379 e. The predicted molar refractivity (Wildman–Crippen MR) is 107 cm³/mol. The molecule has 0 aliphatic heterocycles. The Morgan fingerprint density at radius 1 is 1.14 bits per heavy atom. The number of ether oxygens (including phenoxy) is 1. The molecule has 7 heteroatoms. The van der Waals surface area contributed by atoms with E-state index in [-0.39, 0.29) is 29.9 Å². The minimum atomic E-state index is -0.217. The van der Waals surface area contributed by atoms with Crippen LogP contribution in [0.3, 0.4) is 0 Å². The minimum absolute atomic E-state index is 0.00679. The number of aromatic nitrogens is 1. The van der Waals surface area contributed by atoms with E-state index in [0.717, 1.165) is 18.4 Å². The molecule has 0 spiro atoms. The van der Waals surface area contributed by atoms with Gasteiger partial charge in [0, 0.05) is 42.6 Å². The van der Waals surface area contributed by atoms with Crippen LogP contribution < -0.4 is 10.6 Å². The summed E-state index contributed by atoms with van der Waals surface area (Å²) in [7, 11) is 1.64. The van der Waals surface area contributed by atoms with Gasteiger partial charge in [0.2, 0.25) is 5.91 Å². The van der Waals surface area contributed by atoms with Crippen LogP contribution in [0.1, 0.15) is 35.2 Å². The molecule has 1 aromatic carbocycles. The number of methoxy groups -OCH3 is 1. The molecule has 0 unspecified atom stereocenters. The Morgan fingerprint density at radius 3 is 2.54 bits per heavy atom. The average Bonchev–Trinajstić information content (AvgIpc) is 2.73. The monoisotopic (exact) mass is 401 g/mol. The quantitative estimate of drug-likeness (QED) is 0.779. The molecule has 0 bridgehead atoms. The number of pyridine rings is 1. The zero-order valence-electron chi connectivity index (χ0n) is 15.7. The molecular weight excluding hydrogens is 378 g/mol. The number of benzene rings is 1. The number of nitrogens with one attached hydrogen (secondary N) is 2. The van der Waals surface area contributed by atoms with Crippen LogP contribution >= 0.6 is 11.6 Å². The first-order chi connectivity index (χ1) is 13.6. The van der Waals surface area contributed by atoms with Crippen molar-refractivity contribution >= 4 is 23.4 Å². The lowest BCUT2D eigenvalue weighted by Crippen LogP contribution is -2.50. The maximum Gasteiger partial charge on any atom is 0.251 e. The number of amides is 2. The van der Waals surface area contributed by atoms with Gasteiger partial charge in [0.1, 0.15) is 0 Å². The highest BCUT2D eigenvalue weighted by Gasteiger charge is 2.35. The Bertz CT molecular complexity index is 798. The summed E-state index contributed by atoms with van der Waals surface area (Å²) in [6, 6.07) is 10.5. The number of halogens is 1. The van der Waals surface area contributed by atoms with Crippen LogP contribution in [0, 0.1) is 5.92 Å². The highest BCUT2D eigenvalue weighted by molar-refractivity contribution is 6.30. The molecule has 2 N–H and O–H groups in total. The second-order valence-electron chi connectivity index (χ2n) is 6.94. The first-order valence-electron chi connectivity index (χ1n) is 9.32. The first kappa shape index (κ1) is 20.3. The van der Waals surface area contributed by atoms with Crippen LogP contribution in [-0.2, 0) is 16.1 Å². The van der Waals surface area contributed by atoms with E-state index < -0.39 is 0 Å². The fourth-order valence-corrected chi connectivity index (χ4v) is 3.63. The van der Waals surface area contributed by atoms with Gasteiger partial charge in [-0.2, -0.15) is 0 Å². The van der Waals surface area contributed by atoms with Gasteiger partial charge in [-0.05, 0) is 49.1 Å². The number of carbonyl (C=O) groups is 2. The van der Waals surface area contributed by atoms with E-state index in [1.165, 1.54) is 0 Å². The Hall–Kier alpha value is -2.44. The molecule has 1 aromatic heterocycles. The number of carbonyl (C=O) groups excluding carboxylic acids is 2. The van der Waals surface area contributed by atoms with Crippen molar-refractivity contribution in [1.82, 2.24) is 15.6 Å². The van der Waals surface area contributed by atoms with Crippen LogP contribution in [0.25, 0.3) is 0 Å². The largest absolute Gasteiger partial charge is 0.379 e. The van der Waals surface area contributed by atoms with Gasteiger partial charge in [0.05, 0.1) is 12.1 Å². The third-order valence-corrected chi connectivity index (χ3v) is 5.35. The standard InChI is InChI=1S/C21H24ClN3O3/c1-28-19-7-4-16(20(26)24-13-14-2-5-17(22)6-3-14)12-18(19)25-21(27)15-8-10-23-11-9-15/h2-3,5-6,8-11,16,18-19H,4,7,12-13H2,1H3,(H,24,26)(H,25,27)/t16-,18+,19+/m0/s1. The second kappa shape index (κ2) is 9.66. The molecule has 1 saturated carbocycles. The van der Waals surface area contributed by atoms with Crippen LogP contribution in [-0.4, -0.2) is 36.1 Å². The van der Waals surface area contributed by atoms with Gasteiger partial charge in [-0.15, -0.1) is 0 Å². The Balaban J connectivity index is 1.58. The molecular formula is C21H24ClN3O3. The number of hydrogen-bond donors (Lipinski definition) is 2. The lowest BCUT2D eigenvalue weighted by molar-refractivity contribution is -0.127. The van der Waals surface area contributed by atoms with Crippen molar-refractivity contribution in [3.8, 4) is 0 Å². The average molecular weight is 402 g/mol. The van der Waals surface area contributed by atoms with Gasteiger partial charge in [-0.1, -0.05) is 23.7 Å². The lowest BCUT2D eigenvalue weighted by atomic mass is 9.83. The van der Waals surface area contributed by atoms with E-state index in [0.29, 0.717) is 23.6 Å². The molecule has 3 atom stereocenters. The second-order valence-corrected chi connectivity index (χ2v) is 7.38. The summed E-state index contributed by atoms with van der Waals surface area (Å²) in [4.78, 5) is 29.0. The van der Waals surface area contributed by atoms with Crippen LogP contribution in [0.15, 0.2) is 48.8 Å². The summed E-state index contributed by atoms with van der Waals surface area (Å²) in [5.41, 5.74) is 1.53. The van der Waals surface area contributed by atoms with Gasteiger partial charge < -0.3 is 15.4 Å². The van der Waals surface area contributed by atoms with Crippen molar-refractivity contribution in [2.75, 3.05) is 7.11 Å². The molecule has 3 rings (SSSR count). The molecule has 2 aromatic rings. The fraction of sp³-hybridized carbons (Fsp3) is 0.381. The summed E-state index contributed by atoms with van der Waals surface area (Å²) in [6.45, 7) is 0.453. The molecule has 1 heterocycles. The Labute approximate surface area is 169 Å². The molecule has 6 nitrogen and oxygen atoms in total. The summed E-state index contributed by atoms with van der Waals surface area (Å²) in [5.74, 6) is -0.356. The van der Waals surface area contributed by atoms with E-state index >= 15 is 0 Å². The molecule has 148 valence electrons. The molecule has 1 aliphatic carbocycles. The zero-order valence-corrected chi connectivity index (χ0v) is 16.5. The molecule has 28 heavy (non-hydrogen) atoms. The van der Waals surface area contributed by atoms with Gasteiger partial charge in [-0.25, -0.2) is 0 Å². The molecule has 1 aliphatic rings. The summed E-state index contributed by atoms with van der Waals surface area (Å²) < 4.78 is 5.54. The highest BCUT2D eigenvalue weighted by Crippen LogP contribution is 2.27. The van der Waals surface area contributed by atoms with Crippen molar-refractivity contribution < 1.29 is 14.3 Å².